The number of benzene rings is 2. The van der Waals surface area contributed by atoms with E-state index in [-0.39, 0.29) is 25.2 Å². The van der Waals surface area contributed by atoms with E-state index in [0.29, 0.717) is 40.7 Å². The molecular weight excluding hydrogens is 520 g/mol. The Hall–Kier alpha value is -4.20. The molecule has 4 unspecified atom stereocenters. The predicted octanol–water partition coefficient (Wildman–Crippen LogP) is 5.06. The van der Waals surface area contributed by atoms with Crippen molar-refractivity contribution in [1.82, 2.24) is 0 Å². The van der Waals surface area contributed by atoms with Crippen molar-refractivity contribution in [2.45, 2.75) is 70.3 Å². The van der Waals surface area contributed by atoms with Crippen LogP contribution >= 0.6 is 0 Å². The summed E-state index contributed by atoms with van der Waals surface area (Å²) in [6, 6.07) is 11.5. The Morgan fingerprint density at radius 2 is 1.73 bits per heavy atom. The second-order valence-corrected chi connectivity index (χ2v) is 9.66. The van der Waals surface area contributed by atoms with E-state index in [9.17, 15) is 20.2 Å². The van der Waals surface area contributed by atoms with E-state index in [2.05, 4.69) is 6.07 Å². The van der Waals surface area contributed by atoms with Gasteiger partial charge in [0.25, 0.3) is 6.04 Å². The maximum absolute atomic E-state index is 12.3. The van der Waals surface area contributed by atoms with Crippen molar-refractivity contribution in [1.29, 1.82) is 5.26 Å². The number of rotatable bonds is 14. The molecule has 0 bridgehead atoms. The fraction of sp³-hybridized carbons (Fsp3) is 0.517. The lowest BCUT2D eigenvalue weighted by Gasteiger charge is -2.36. The van der Waals surface area contributed by atoms with Crippen LogP contribution in [0.4, 0.5) is 0 Å². The van der Waals surface area contributed by atoms with Crippen LogP contribution < -0.4 is 23.7 Å². The number of nitrogens with zero attached hydrogens (tertiary/aromatic N) is 2. The lowest BCUT2D eigenvalue weighted by molar-refractivity contribution is -0.537. The second-order valence-electron chi connectivity index (χ2n) is 9.66. The summed E-state index contributed by atoms with van der Waals surface area (Å²) in [7, 11) is 4.45. The molecule has 3 rings (SSSR count). The maximum Gasteiger partial charge on any atom is 0.303 e. The van der Waals surface area contributed by atoms with Crippen molar-refractivity contribution in [3.63, 3.8) is 0 Å². The molecular formula is C29H36N2O9. The van der Waals surface area contributed by atoms with E-state index in [1.165, 1.54) is 28.3 Å². The van der Waals surface area contributed by atoms with E-state index in [1.807, 2.05) is 13.8 Å². The van der Waals surface area contributed by atoms with Crippen LogP contribution in [0, 0.1) is 27.4 Å². The highest BCUT2D eigenvalue weighted by atomic mass is 16.7. The topological polar surface area (TPSA) is 139 Å². The number of methoxy groups -OCH3 is 3. The molecule has 11 heteroatoms. The van der Waals surface area contributed by atoms with Crippen LogP contribution in [0.3, 0.4) is 0 Å². The van der Waals surface area contributed by atoms with Crippen molar-refractivity contribution in [3.05, 3.63) is 52.1 Å². The summed E-state index contributed by atoms with van der Waals surface area (Å²) in [6.45, 7) is 5.09. The van der Waals surface area contributed by atoms with Gasteiger partial charge in [0.15, 0.2) is 29.1 Å². The minimum Gasteiger partial charge on any atom is -0.493 e. The van der Waals surface area contributed by atoms with Crippen molar-refractivity contribution in [2.75, 3.05) is 21.3 Å². The van der Waals surface area contributed by atoms with Crippen molar-refractivity contribution in [2.24, 2.45) is 5.92 Å². The highest BCUT2D eigenvalue weighted by molar-refractivity contribution is 5.66. The maximum atomic E-state index is 12.3. The van der Waals surface area contributed by atoms with Gasteiger partial charge in [-0.15, -0.1) is 0 Å². The first-order chi connectivity index (χ1) is 19.1. The van der Waals surface area contributed by atoms with Crippen LogP contribution in [0.25, 0.3) is 0 Å². The summed E-state index contributed by atoms with van der Waals surface area (Å²) < 4.78 is 33.7. The molecule has 0 amide bonds. The molecule has 0 N–H and O–H groups in total. The summed E-state index contributed by atoms with van der Waals surface area (Å²) in [5.74, 6) is 1.21. The van der Waals surface area contributed by atoms with Crippen LogP contribution in [0.2, 0.25) is 0 Å². The van der Waals surface area contributed by atoms with Crippen molar-refractivity contribution < 1.29 is 38.1 Å². The molecule has 1 aliphatic heterocycles. The van der Waals surface area contributed by atoms with Gasteiger partial charge in [-0.05, 0) is 43.0 Å². The van der Waals surface area contributed by atoms with Gasteiger partial charge in [0.1, 0.15) is 0 Å². The number of hydrogen-bond donors (Lipinski definition) is 0. The fourth-order valence-corrected chi connectivity index (χ4v) is 5.21. The molecule has 1 heterocycles. The first-order valence-corrected chi connectivity index (χ1v) is 13.1. The molecule has 0 radical (unpaired) electrons. The number of nitriles is 1. The number of para-hydroxylation sites is 2. The Labute approximate surface area is 234 Å². The fourth-order valence-electron chi connectivity index (χ4n) is 5.21. The number of ether oxygens (including phenoxy) is 6. The number of nitro groups is 1. The molecule has 2 aromatic rings. The van der Waals surface area contributed by atoms with Crippen LogP contribution in [0.1, 0.15) is 52.0 Å². The normalized spacial score (nSPS) is 16.1. The van der Waals surface area contributed by atoms with E-state index in [1.54, 1.807) is 36.4 Å². The zero-order valence-electron chi connectivity index (χ0n) is 23.7. The first-order valence-electron chi connectivity index (χ1n) is 13.1. The van der Waals surface area contributed by atoms with Crippen LogP contribution in [0.5, 0.6) is 28.7 Å². The van der Waals surface area contributed by atoms with Gasteiger partial charge in [-0.1, -0.05) is 32.4 Å². The predicted molar refractivity (Wildman–Crippen MR) is 145 cm³/mol. The average molecular weight is 557 g/mol. The van der Waals surface area contributed by atoms with Gasteiger partial charge in [0.2, 0.25) is 12.0 Å². The van der Waals surface area contributed by atoms with Crippen LogP contribution in [-0.4, -0.2) is 50.7 Å². The first kappa shape index (κ1) is 30.3. The molecule has 0 aromatic heterocycles. The molecule has 11 nitrogen and oxygen atoms in total. The third kappa shape index (κ3) is 6.17. The molecule has 2 aromatic carbocycles. The number of hydrogen-bond acceptors (Lipinski definition) is 10. The van der Waals surface area contributed by atoms with Gasteiger partial charge >= 0.3 is 5.97 Å². The van der Waals surface area contributed by atoms with E-state index >= 15 is 0 Å². The molecule has 1 aliphatic rings. The Morgan fingerprint density at radius 1 is 1.10 bits per heavy atom. The zero-order valence-corrected chi connectivity index (χ0v) is 23.7. The molecule has 216 valence electrons. The minimum absolute atomic E-state index is 0.0281. The number of fused-ring (bicyclic) bond motifs is 1. The lowest BCUT2D eigenvalue weighted by Crippen LogP contribution is -2.43. The standard InChI is InChI=1S/C29H36N2O9/c1-7-18(2)29(17-30,20-12-13-25(35-4)28(37-6)27(20)36-5)15-14-22(38-19(3)32)21(31(33)34)16-26-39-23-10-8-9-11-24(23)40-26/h8-13,18,21-22,26H,7,14-16H2,1-6H3. The summed E-state index contributed by atoms with van der Waals surface area (Å²) in [4.78, 5) is 23.9. The van der Waals surface area contributed by atoms with Crippen LogP contribution in [-0.2, 0) is 14.9 Å². The van der Waals surface area contributed by atoms with Crippen LogP contribution in [0.15, 0.2) is 36.4 Å². The second kappa shape index (κ2) is 13.2. The third-order valence-corrected chi connectivity index (χ3v) is 7.48. The Morgan fingerprint density at radius 3 is 2.20 bits per heavy atom. The van der Waals surface area contributed by atoms with Crippen molar-refractivity contribution in [3.8, 4) is 34.8 Å². The van der Waals surface area contributed by atoms with E-state index in [0.717, 1.165) is 0 Å². The minimum atomic E-state index is -1.34. The monoisotopic (exact) mass is 556 g/mol. The smallest absolute Gasteiger partial charge is 0.303 e. The van der Waals surface area contributed by atoms with Gasteiger partial charge in [-0.25, -0.2) is 0 Å². The Kier molecular flexibility index (Phi) is 10.0. The van der Waals surface area contributed by atoms with Gasteiger partial charge in [-0.2, -0.15) is 5.26 Å². The highest BCUT2D eigenvalue weighted by Gasteiger charge is 2.45. The van der Waals surface area contributed by atoms with E-state index < -0.39 is 34.7 Å². The van der Waals surface area contributed by atoms with Gasteiger partial charge in [0, 0.05) is 17.4 Å². The Balaban J connectivity index is 1.97. The molecule has 0 aliphatic carbocycles. The molecule has 4 atom stereocenters. The molecule has 0 fully saturated rings. The van der Waals surface area contributed by atoms with E-state index in [4.69, 9.17) is 28.4 Å². The number of esters is 1. The van der Waals surface area contributed by atoms with Gasteiger partial charge < -0.3 is 28.4 Å². The van der Waals surface area contributed by atoms with Crippen molar-refractivity contribution >= 4 is 5.97 Å². The number of carbonyl (C=O) groups excluding carboxylic acids is 1. The molecule has 0 saturated heterocycles. The highest BCUT2D eigenvalue weighted by Crippen LogP contribution is 2.49. The third-order valence-electron chi connectivity index (χ3n) is 7.48. The molecule has 0 spiro atoms. The average Bonchev–Trinajstić information content (AvgIpc) is 3.37. The summed E-state index contributed by atoms with van der Waals surface area (Å²) in [6.07, 6.45) is -1.44. The molecule has 40 heavy (non-hydrogen) atoms. The SMILES string of the molecule is CCC(C)C(C#N)(CCC(OC(C)=O)C(CC1Oc2ccccc2O1)[N+](=O)[O-])c1ccc(OC)c(OC)c1OC. The summed E-state index contributed by atoms with van der Waals surface area (Å²) in [5, 5.41) is 22.9. The number of carbonyl (C=O) groups is 1. The largest absolute Gasteiger partial charge is 0.493 e. The zero-order chi connectivity index (χ0) is 29.4. The summed E-state index contributed by atoms with van der Waals surface area (Å²) in [5.41, 5.74) is -0.600. The van der Waals surface area contributed by atoms with Gasteiger partial charge in [0.05, 0.1) is 39.2 Å². The van der Waals surface area contributed by atoms with Gasteiger partial charge in [-0.3, -0.25) is 14.9 Å². The lowest BCUT2D eigenvalue weighted by atomic mass is 9.67. The molecule has 0 saturated carbocycles. The summed E-state index contributed by atoms with van der Waals surface area (Å²) >= 11 is 0. The Bertz CT molecular complexity index is 1220. The quantitative estimate of drug-likeness (QED) is 0.176.